The molecule has 0 saturated heterocycles. The van der Waals surface area contributed by atoms with Crippen molar-refractivity contribution in [3.05, 3.63) is 0 Å². The van der Waals surface area contributed by atoms with E-state index in [1.165, 1.54) is 0 Å². The second-order valence-electron chi connectivity index (χ2n) is 0.858. The molecule has 0 radical (unpaired) electrons. The first-order chi connectivity index (χ1) is 2.77. The molecule has 0 aromatic rings. The van der Waals surface area contributed by atoms with Crippen LogP contribution in [0.3, 0.4) is 0 Å². The summed E-state index contributed by atoms with van der Waals surface area (Å²) < 4.78 is 0. The minimum atomic E-state index is -0.407. The molecule has 3 heteroatoms. The Morgan fingerprint density at radius 1 is 1.67 bits per heavy atom. The third-order valence-electron chi connectivity index (χ3n) is 0.358. The lowest BCUT2D eigenvalue weighted by Crippen LogP contribution is -2.16. The van der Waals surface area contributed by atoms with Gasteiger partial charge in [0.1, 0.15) is 0 Å². The van der Waals surface area contributed by atoms with Crippen molar-refractivity contribution < 1.29 is 0 Å². The molecule has 0 aliphatic carbocycles. The largest absolute Gasteiger partial charge is 0.289 e. The molecule has 0 fully saturated rings. The smallest absolute Gasteiger partial charge is 0.158 e. The van der Waals surface area contributed by atoms with E-state index in [2.05, 4.69) is 5.32 Å². The van der Waals surface area contributed by atoms with E-state index in [-0.39, 0.29) is 0 Å². The number of alkyl halides is 2. The molecule has 1 N–H and O–H groups in total. The summed E-state index contributed by atoms with van der Waals surface area (Å²) in [4.78, 5) is -0.407. The van der Waals surface area contributed by atoms with Crippen LogP contribution < -0.4 is 5.32 Å². The van der Waals surface area contributed by atoms with Crippen molar-refractivity contribution in [2.24, 2.45) is 0 Å². The van der Waals surface area contributed by atoms with Crippen molar-refractivity contribution in [3.8, 4) is 0 Å². The van der Waals surface area contributed by atoms with Crippen LogP contribution in [0.2, 0.25) is 0 Å². The Hall–Kier alpha value is 0.540. The summed E-state index contributed by atoms with van der Waals surface area (Å²) >= 11 is 10.5. The second kappa shape index (κ2) is 3.72. The normalized spacial score (nSPS) is 10.0. The van der Waals surface area contributed by atoms with Gasteiger partial charge in [-0.2, -0.15) is 0 Å². The average molecular weight is 128 g/mol. The standard InChI is InChI=1S/C3H7Cl2N/c1-2-6-3(4)5/h3,6H,2H2,1H3. The van der Waals surface area contributed by atoms with E-state index in [0.29, 0.717) is 0 Å². The number of hydrogen-bond donors (Lipinski definition) is 1. The fourth-order valence-electron chi connectivity index (χ4n) is 0.154. The van der Waals surface area contributed by atoms with E-state index in [1.807, 2.05) is 6.92 Å². The van der Waals surface area contributed by atoms with Gasteiger partial charge in [0.05, 0.1) is 0 Å². The van der Waals surface area contributed by atoms with Gasteiger partial charge in [-0.3, -0.25) is 5.32 Å². The maximum atomic E-state index is 5.23. The third kappa shape index (κ3) is 4.54. The summed E-state index contributed by atoms with van der Waals surface area (Å²) in [5.41, 5.74) is 0. The maximum absolute atomic E-state index is 5.23. The topological polar surface area (TPSA) is 12.0 Å². The Balaban J connectivity index is 2.63. The number of halogens is 2. The number of hydrogen-bond acceptors (Lipinski definition) is 1. The van der Waals surface area contributed by atoms with Gasteiger partial charge in [0.15, 0.2) is 4.96 Å². The Bertz CT molecular complexity index is 30.0. The van der Waals surface area contributed by atoms with Crippen molar-refractivity contribution in [3.63, 3.8) is 0 Å². The van der Waals surface area contributed by atoms with Crippen molar-refractivity contribution in [1.82, 2.24) is 5.32 Å². The van der Waals surface area contributed by atoms with Crippen LogP contribution in [0.4, 0.5) is 0 Å². The molecule has 6 heavy (non-hydrogen) atoms. The zero-order chi connectivity index (χ0) is 4.99. The summed E-state index contributed by atoms with van der Waals surface area (Å²) in [6.07, 6.45) is 0. The van der Waals surface area contributed by atoms with Crippen LogP contribution >= 0.6 is 23.2 Å². The first-order valence-corrected chi connectivity index (χ1v) is 2.66. The van der Waals surface area contributed by atoms with E-state index in [4.69, 9.17) is 23.2 Å². The Kier molecular flexibility index (Phi) is 4.06. The fraction of sp³-hybridized carbons (Fsp3) is 1.00. The molecular weight excluding hydrogens is 121 g/mol. The molecule has 0 aliphatic heterocycles. The predicted molar refractivity (Wildman–Crippen MR) is 29.2 cm³/mol. The van der Waals surface area contributed by atoms with Gasteiger partial charge in [-0.15, -0.1) is 0 Å². The molecule has 0 heterocycles. The van der Waals surface area contributed by atoms with Crippen LogP contribution in [0, 0.1) is 0 Å². The van der Waals surface area contributed by atoms with Crippen LogP contribution in [0.5, 0.6) is 0 Å². The second-order valence-corrected chi connectivity index (χ2v) is 1.95. The van der Waals surface area contributed by atoms with Crippen molar-refractivity contribution in [2.45, 2.75) is 11.9 Å². The Morgan fingerprint density at radius 2 is 2.17 bits per heavy atom. The van der Waals surface area contributed by atoms with Gasteiger partial charge in [-0.25, -0.2) is 0 Å². The van der Waals surface area contributed by atoms with Crippen LogP contribution in [0.1, 0.15) is 6.92 Å². The summed E-state index contributed by atoms with van der Waals surface area (Å²) in [5.74, 6) is 0. The fourth-order valence-corrected chi connectivity index (χ4v) is 0.463. The molecule has 0 aliphatic rings. The van der Waals surface area contributed by atoms with Crippen LogP contribution in [0.15, 0.2) is 0 Å². The summed E-state index contributed by atoms with van der Waals surface area (Å²) in [6.45, 7) is 2.76. The number of rotatable bonds is 2. The molecule has 0 aromatic heterocycles. The molecule has 38 valence electrons. The highest BCUT2D eigenvalue weighted by molar-refractivity contribution is 6.43. The molecule has 0 unspecified atom stereocenters. The molecule has 0 bridgehead atoms. The number of nitrogens with one attached hydrogen (secondary N) is 1. The van der Waals surface area contributed by atoms with E-state index >= 15 is 0 Å². The Labute approximate surface area is 47.6 Å². The van der Waals surface area contributed by atoms with Gasteiger partial charge < -0.3 is 0 Å². The van der Waals surface area contributed by atoms with Crippen LogP contribution in [-0.4, -0.2) is 11.5 Å². The summed E-state index contributed by atoms with van der Waals surface area (Å²) in [6, 6.07) is 0. The quantitative estimate of drug-likeness (QED) is 0.437. The zero-order valence-electron chi connectivity index (χ0n) is 3.54. The van der Waals surface area contributed by atoms with Gasteiger partial charge in [0, 0.05) is 0 Å². The highest BCUT2D eigenvalue weighted by Crippen LogP contribution is 1.92. The molecule has 0 rings (SSSR count). The molecule has 1 nitrogen and oxygen atoms in total. The maximum Gasteiger partial charge on any atom is 0.158 e. The predicted octanol–water partition coefficient (Wildman–Crippen LogP) is 1.36. The third-order valence-corrected chi connectivity index (χ3v) is 0.667. The molecule has 0 atom stereocenters. The highest BCUT2D eigenvalue weighted by atomic mass is 35.5. The van der Waals surface area contributed by atoms with Crippen LogP contribution in [-0.2, 0) is 0 Å². The van der Waals surface area contributed by atoms with Crippen molar-refractivity contribution >= 4 is 23.2 Å². The van der Waals surface area contributed by atoms with E-state index in [1.54, 1.807) is 0 Å². The van der Waals surface area contributed by atoms with Gasteiger partial charge in [0.25, 0.3) is 0 Å². The van der Waals surface area contributed by atoms with Crippen molar-refractivity contribution in [2.75, 3.05) is 6.54 Å². The van der Waals surface area contributed by atoms with Crippen molar-refractivity contribution in [1.29, 1.82) is 0 Å². The zero-order valence-corrected chi connectivity index (χ0v) is 5.05. The van der Waals surface area contributed by atoms with E-state index < -0.39 is 4.96 Å². The molecule has 0 spiro atoms. The van der Waals surface area contributed by atoms with E-state index in [9.17, 15) is 0 Å². The summed E-state index contributed by atoms with van der Waals surface area (Å²) in [7, 11) is 0. The molecule has 0 aromatic carbocycles. The van der Waals surface area contributed by atoms with E-state index in [0.717, 1.165) is 6.54 Å². The lowest BCUT2D eigenvalue weighted by Gasteiger charge is -1.95. The SMILES string of the molecule is CCNC(Cl)Cl. The van der Waals surface area contributed by atoms with Crippen LogP contribution in [0.25, 0.3) is 0 Å². The van der Waals surface area contributed by atoms with Gasteiger partial charge >= 0.3 is 0 Å². The monoisotopic (exact) mass is 127 g/mol. The minimum Gasteiger partial charge on any atom is -0.289 e. The first kappa shape index (κ1) is 6.54. The molecule has 0 amide bonds. The molecular formula is C3H7Cl2N. The highest BCUT2D eigenvalue weighted by Gasteiger charge is 1.88. The Morgan fingerprint density at radius 3 is 2.17 bits per heavy atom. The minimum absolute atomic E-state index is 0.407. The van der Waals surface area contributed by atoms with Gasteiger partial charge in [0.2, 0.25) is 0 Å². The molecule has 0 saturated carbocycles. The summed E-state index contributed by atoms with van der Waals surface area (Å²) in [5, 5.41) is 2.74. The van der Waals surface area contributed by atoms with Gasteiger partial charge in [-0.1, -0.05) is 30.1 Å². The van der Waals surface area contributed by atoms with Gasteiger partial charge in [-0.05, 0) is 6.54 Å². The lowest BCUT2D eigenvalue weighted by atomic mass is 10.8. The first-order valence-electron chi connectivity index (χ1n) is 1.79. The average Bonchev–Trinajstić information content (AvgIpc) is 1.35. The lowest BCUT2D eigenvalue weighted by molar-refractivity contribution is 0.796.